The molecule has 0 aromatic heterocycles. The van der Waals surface area contributed by atoms with Crippen LogP contribution in [0.2, 0.25) is 0 Å². The molecule has 1 aliphatic carbocycles. The van der Waals surface area contributed by atoms with Crippen LogP contribution in [0, 0.1) is 11.2 Å². The summed E-state index contributed by atoms with van der Waals surface area (Å²) >= 11 is 0. The van der Waals surface area contributed by atoms with Gasteiger partial charge < -0.3 is 10.5 Å². The molecule has 106 valence electrons. The maximum absolute atomic E-state index is 13.8. The summed E-state index contributed by atoms with van der Waals surface area (Å²) in [4.78, 5) is 0. The third-order valence-electron chi connectivity index (χ3n) is 4.76. The van der Waals surface area contributed by atoms with E-state index in [0.717, 1.165) is 24.8 Å². The normalized spacial score (nSPS) is 26.2. The van der Waals surface area contributed by atoms with Gasteiger partial charge in [0.25, 0.3) is 0 Å². The summed E-state index contributed by atoms with van der Waals surface area (Å²) in [6.07, 6.45) is 5.28. The molecule has 1 fully saturated rings. The van der Waals surface area contributed by atoms with Gasteiger partial charge in [0.15, 0.2) is 11.6 Å². The van der Waals surface area contributed by atoms with Gasteiger partial charge in [0.1, 0.15) is 0 Å². The molecule has 1 aromatic rings. The number of rotatable bonds is 3. The molecule has 19 heavy (non-hydrogen) atoms. The lowest BCUT2D eigenvalue weighted by atomic mass is 9.61. The van der Waals surface area contributed by atoms with E-state index in [1.807, 2.05) is 6.07 Å². The fraction of sp³-hybridized carbons (Fsp3) is 0.625. The second-order valence-corrected chi connectivity index (χ2v) is 6.39. The summed E-state index contributed by atoms with van der Waals surface area (Å²) in [6.45, 7) is 4.46. The Labute approximate surface area is 115 Å². The van der Waals surface area contributed by atoms with Crippen LogP contribution in [-0.2, 0) is 6.42 Å². The number of nitrogens with two attached hydrogens (primary N) is 1. The van der Waals surface area contributed by atoms with E-state index in [0.29, 0.717) is 0 Å². The molecule has 2 nitrogen and oxygen atoms in total. The van der Waals surface area contributed by atoms with Gasteiger partial charge in [0.05, 0.1) is 7.11 Å². The zero-order valence-corrected chi connectivity index (χ0v) is 12.1. The summed E-state index contributed by atoms with van der Waals surface area (Å²) < 4.78 is 18.7. The molecule has 0 radical (unpaired) electrons. The number of hydrogen-bond donors (Lipinski definition) is 1. The van der Waals surface area contributed by atoms with Crippen molar-refractivity contribution in [3.8, 4) is 5.75 Å². The third kappa shape index (κ3) is 2.76. The Balaban J connectivity index is 2.22. The van der Waals surface area contributed by atoms with Crippen LogP contribution in [0.1, 0.15) is 45.1 Å². The second kappa shape index (κ2) is 5.12. The van der Waals surface area contributed by atoms with Gasteiger partial charge in [-0.15, -0.1) is 0 Å². The topological polar surface area (TPSA) is 35.2 Å². The van der Waals surface area contributed by atoms with Crippen LogP contribution < -0.4 is 10.5 Å². The first kappa shape index (κ1) is 14.3. The van der Waals surface area contributed by atoms with Crippen molar-refractivity contribution >= 4 is 0 Å². The van der Waals surface area contributed by atoms with Gasteiger partial charge >= 0.3 is 0 Å². The number of benzene rings is 1. The molecule has 1 atom stereocenters. The quantitative estimate of drug-likeness (QED) is 0.905. The first-order valence-corrected chi connectivity index (χ1v) is 6.99. The molecule has 0 heterocycles. The average molecular weight is 265 g/mol. The standard InChI is InChI=1S/C16H24FNO/c1-15(2)8-4-5-9-16(15,18)11-12-6-7-14(19-3)13(17)10-12/h6-7,10H,4-5,8-9,11,18H2,1-3H3. The molecular formula is C16H24FNO. The molecule has 2 rings (SSSR count). The maximum Gasteiger partial charge on any atom is 0.165 e. The molecule has 1 unspecified atom stereocenters. The molecule has 1 saturated carbocycles. The minimum Gasteiger partial charge on any atom is -0.494 e. The summed E-state index contributed by atoms with van der Waals surface area (Å²) in [5.41, 5.74) is 7.45. The first-order valence-electron chi connectivity index (χ1n) is 6.99. The van der Waals surface area contributed by atoms with E-state index in [2.05, 4.69) is 13.8 Å². The van der Waals surface area contributed by atoms with Crippen molar-refractivity contribution in [2.45, 2.75) is 51.5 Å². The highest BCUT2D eigenvalue weighted by molar-refractivity contribution is 5.30. The molecule has 2 N–H and O–H groups in total. The van der Waals surface area contributed by atoms with Crippen molar-refractivity contribution in [1.29, 1.82) is 0 Å². The zero-order valence-electron chi connectivity index (χ0n) is 12.1. The lowest BCUT2D eigenvalue weighted by molar-refractivity contribution is 0.0989. The van der Waals surface area contributed by atoms with Crippen LogP contribution in [-0.4, -0.2) is 12.6 Å². The molecule has 0 bridgehead atoms. The van der Waals surface area contributed by atoms with E-state index >= 15 is 0 Å². The van der Waals surface area contributed by atoms with Crippen molar-refractivity contribution in [3.05, 3.63) is 29.6 Å². The molecule has 1 aromatic carbocycles. The number of methoxy groups -OCH3 is 1. The van der Waals surface area contributed by atoms with Crippen molar-refractivity contribution < 1.29 is 9.13 Å². The Kier molecular flexibility index (Phi) is 3.86. The fourth-order valence-corrected chi connectivity index (χ4v) is 3.11. The SMILES string of the molecule is COc1ccc(CC2(N)CCCCC2(C)C)cc1F. The number of ether oxygens (including phenoxy) is 1. The van der Waals surface area contributed by atoms with E-state index in [1.165, 1.54) is 20.0 Å². The highest BCUT2D eigenvalue weighted by Gasteiger charge is 2.43. The van der Waals surface area contributed by atoms with Gasteiger partial charge in [0.2, 0.25) is 0 Å². The van der Waals surface area contributed by atoms with Crippen LogP contribution in [0.5, 0.6) is 5.75 Å². The van der Waals surface area contributed by atoms with Crippen molar-refractivity contribution in [1.82, 2.24) is 0 Å². The summed E-state index contributed by atoms with van der Waals surface area (Å²) in [5.74, 6) is -0.0186. The van der Waals surface area contributed by atoms with Gasteiger partial charge in [-0.25, -0.2) is 4.39 Å². The Morgan fingerprint density at radius 1 is 1.26 bits per heavy atom. The summed E-state index contributed by atoms with van der Waals surface area (Å²) in [6, 6.07) is 5.16. The molecule has 0 amide bonds. The lowest BCUT2D eigenvalue weighted by Crippen LogP contribution is -2.56. The van der Waals surface area contributed by atoms with E-state index in [-0.39, 0.29) is 22.5 Å². The average Bonchev–Trinajstić information content (AvgIpc) is 2.33. The number of halogens is 1. The van der Waals surface area contributed by atoms with Crippen LogP contribution in [0.25, 0.3) is 0 Å². The minimum atomic E-state index is -0.308. The van der Waals surface area contributed by atoms with Crippen LogP contribution in [0.15, 0.2) is 18.2 Å². The van der Waals surface area contributed by atoms with Crippen LogP contribution in [0.4, 0.5) is 4.39 Å². The molecule has 3 heteroatoms. The molecule has 1 aliphatic rings. The van der Waals surface area contributed by atoms with Crippen LogP contribution >= 0.6 is 0 Å². The third-order valence-corrected chi connectivity index (χ3v) is 4.76. The van der Waals surface area contributed by atoms with Crippen molar-refractivity contribution in [2.75, 3.05) is 7.11 Å². The fourth-order valence-electron chi connectivity index (χ4n) is 3.11. The first-order chi connectivity index (χ1) is 8.88. The van der Waals surface area contributed by atoms with Crippen molar-refractivity contribution in [2.24, 2.45) is 11.1 Å². The second-order valence-electron chi connectivity index (χ2n) is 6.39. The number of hydrogen-bond acceptors (Lipinski definition) is 2. The monoisotopic (exact) mass is 265 g/mol. The van der Waals surface area contributed by atoms with Gasteiger partial charge in [-0.2, -0.15) is 0 Å². The summed E-state index contributed by atoms with van der Waals surface area (Å²) in [7, 11) is 1.48. The molecule has 0 aliphatic heterocycles. The summed E-state index contributed by atoms with van der Waals surface area (Å²) in [5, 5.41) is 0. The van der Waals surface area contributed by atoms with E-state index in [9.17, 15) is 4.39 Å². The minimum absolute atomic E-state index is 0.0989. The van der Waals surface area contributed by atoms with Gasteiger partial charge in [-0.1, -0.05) is 32.8 Å². The van der Waals surface area contributed by atoms with Crippen LogP contribution in [0.3, 0.4) is 0 Å². The lowest BCUT2D eigenvalue weighted by Gasteiger charge is -2.48. The van der Waals surface area contributed by atoms with Gasteiger partial charge in [-0.05, 0) is 42.4 Å². The Hall–Kier alpha value is -1.09. The largest absolute Gasteiger partial charge is 0.494 e. The van der Waals surface area contributed by atoms with E-state index in [4.69, 9.17) is 10.5 Å². The van der Waals surface area contributed by atoms with E-state index < -0.39 is 0 Å². The van der Waals surface area contributed by atoms with Gasteiger partial charge in [-0.3, -0.25) is 0 Å². The molecule has 0 saturated heterocycles. The van der Waals surface area contributed by atoms with Gasteiger partial charge in [0, 0.05) is 5.54 Å². The molecular weight excluding hydrogens is 241 g/mol. The maximum atomic E-state index is 13.8. The molecule has 0 spiro atoms. The predicted molar refractivity (Wildman–Crippen MR) is 75.8 cm³/mol. The van der Waals surface area contributed by atoms with E-state index in [1.54, 1.807) is 12.1 Å². The Morgan fingerprint density at radius 2 is 1.95 bits per heavy atom. The van der Waals surface area contributed by atoms with Crippen molar-refractivity contribution in [3.63, 3.8) is 0 Å². The Morgan fingerprint density at radius 3 is 2.53 bits per heavy atom. The predicted octanol–water partition coefficient (Wildman–Crippen LogP) is 3.67. The zero-order chi connectivity index (χ0) is 14.1. The Bertz CT molecular complexity index is 458. The highest BCUT2D eigenvalue weighted by Crippen LogP contribution is 2.44. The smallest absolute Gasteiger partial charge is 0.165 e. The highest BCUT2D eigenvalue weighted by atomic mass is 19.1.